The molecule has 100 valence electrons. The summed E-state index contributed by atoms with van der Waals surface area (Å²) >= 11 is 0. The number of hydrogen-bond acceptors (Lipinski definition) is 2. The van der Waals surface area contributed by atoms with Gasteiger partial charge in [0.25, 0.3) is 0 Å². The van der Waals surface area contributed by atoms with Crippen molar-refractivity contribution >= 4 is 0 Å². The molecule has 1 saturated heterocycles. The van der Waals surface area contributed by atoms with Crippen LogP contribution in [0.3, 0.4) is 0 Å². The van der Waals surface area contributed by atoms with Crippen LogP contribution in [0.2, 0.25) is 0 Å². The standard InChI is InChI=1S/C16H26N2/c1-12-7-9-15(10-8-12)14(3)18-13(2)5-4-6-16(18)11-17/h7-10,13-14,16H,4-6,11,17H2,1-3H3. The lowest BCUT2D eigenvalue weighted by atomic mass is 9.92. The second-order valence-electron chi connectivity index (χ2n) is 5.70. The zero-order chi connectivity index (χ0) is 13.1. The number of hydrogen-bond donors (Lipinski definition) is 1. The van der Waals surface area contributed by atoms with E-state index >= 15 is 0 Å². The predicted octanol–water partition coefficient (Wildman–Crippen LogP) is 3.26. The van der Waals surface area contributed by atoms with Crippen LogP contribution in [0.1, 0.15) is 50.3 Å². The van der Waals surface area contributed by atoms with E-state index in [1.54, 1.807) is 0 Å². The van der Waals surface area contributed by atoms with Crippen LogP contribution in [0.5, 0.6) is 0 Å². The van der Waals surface area contributed by atoms with Crippen LogP contribution in [0, 0.1) is 6.92 Å². The highest BCUT2D eigenvalue weighted by atomic mass is 15.2. The first-order valence-electron chi connectivity index (χ1n) is 7.17. The van der Waals surface area contributed by atoms with E-state index in [1.165, 1.54) is 30.4 Å². The Morgan fingerprint density at radius 3 is 2.56 bits per heavy atom. The maximum absolute atomic E-state index is 5.95. The monoisotopic (exact) mass is 246 g/mol. The van der Waals surface area contributed by atoms with Crippen LogP contribution in [0.4, 0.5) is 0 Å². The quantitative estimate of drug-likeness (QED) is 0.887. The molecule has 0 saturated carbocycles. The summed E-state index contributed by atoms with van der Waals surface area (Å²) in [6.45, 7) is 7.57. The van der Waals surface area contributed by atoms with Crippen molar-refractivity contribution in [1.29, 1.82) is 0 Å². The summed E-state index contributed by atoms with van der Waals surface area (Å²) in [5, 5.41) is 0. The Labute approximate surface area is 111 Å². The van der Waals surface area contributed by atoms with Gasteiger partial charge in [0.1, 0.15) is 0 Å². The molecule has 2 rings (SSSR count). The second kappa shape index (κ2) is 5.85. The Bertz CT molecular complexity index is 371. The largest absolute Gasteiger partial charge is 0.329 e. The molecule has 0 spiro atoms. The molecule has 0 bridgehead atoms. The number of rotatable bonds is 3. The number of aryl methyl sites for hydroxylation is 1. The third-order valence-corrected chi connectivity index (χ3v) is 4.37. The lowest BCUT2D eigenvalue weighted by Gasteiger charge is -2.44. The van der Waals surface area contributed by atoms with Gasteiger partial charge in [-0.15, -0.1) is 0 Å². The molecule has 1 aliphatic rings. The van der Waals surface area contributed by atoms with Gasteiger partial charge in [0, 0.05) is 24.7 Å². The van der Waals surface area contributed by atoms with Crippen molar-refractivity contribution in [2.24, 2.45) is 5.73 Å². The summed E-state index contributed by atoms with van der Waals surface area (Å²) in [4.78, 5) is 2.62. The van der Waals surface area contributed by atoms with Gasteiger partial charge < -0.3 is 5.73 Å². The van der Waals surface area contributed by atoms with Crippen LogP contribution in [0.15, 0.2) is 24.3 Å². The highest BCUT2D eigenvalue weighted by Crippen LogP contribution is 2.31. The number of likely N-dealkylation sites (tertiary alicyclic amines) is 1. The van der Waals surface area contributed by atoms with E-state index in [2.05, 4.69) is 49.9 Å². The molecule has 2 N–H and O–H groups in total. The summed E-state index contributed by atoms with van der Waals surface area (Å²) in [6, 6.07) is 10.6. The third kappa shape index (κ3) is 2.76. The summed E-state index contributed by atoms with van der Waals surface area (Å²) in [5.41, 5.74) is 8.69. The smallest absolute Gasteiger partial charge is 0.0326 e. The molecule has 0 aliphatic carbocycles. The summed E-state index contributed by atoms with van der Waals surface area (Å²) in [6.07, 6.45) is 3.86. The first kappa shape index (κ1) is 13.6. The van der Waals surface area contributed by atoms with Gasteiger partial charge in [0.2, 0.25) is 0 Å². The summed E-state index contributed by atoms with van der Waals surface area (Å²) < 4.78 is 0. The molecule has 18 heavy (non-hydrogen) atoms. The molecule has 0 amide bonds. The molecule has 1 aliphatic heterocycles. The average Bonchev–Trinajstić information content (AvgIpc) is 2.38. The van der Waals surface area contributed by atoms with Gasteiger partial charge in [-0.25, -0.2) is 0 Å². The maximum atomic E-state index is 5.95. The first-order valence-corrected chi connectivity index (χ1v) is 7.17. The van der Waals surface area contributed by atoms with E-state index in [0.717, 1.165) is 6.54 Å². The molecular weight excluding hydrogens is 220 g/mol. The van der Waals surface area contributed by atoms with E-state index in [-0.39, 0.29) is 0 Å². The minimum absolute atomic E-state index is 0.467. The minimum Gasteiger partial charge on any atom is -0.329 e. The molecule has 1 aromatic rings. The molecule has 3 unspecified atom stereocenters. The molecule has 1 fully saturated rings. The Morgan fingerprint density at radius 1 is 1.28 bits per heavy atom. The highest BCUT2D eigenvalue weighted by Gasteiger charge is 2.31. The number of nitrogens with zero attached hydrogens (tertiary/aromatic N) is 1. The van der Waals surface area contributed by atoms with Gasteiger partial charge in [0.15, 0.2) is 0 Å². The lowest BCUT2D eigenvalue weighted by molar-refractivity contribution is 0.0570. The van der Waals surface area contributed by atoms with Gasteiger partial charge in [-0.3, -0.25) is 4.90 Å². The van der Waals surface area contributed by atoms with Crippen LogP contribution in [-0.4, -0.2) is 23.5 Å². The fourth-order valence-corrected chi connectivity index (χ4v) is 3.26. The van der Waals surface area contributed by atoms with Crippen LogP contribution in [0.25, 0.3) is 0 Å². The Morgan fingerprint density at radius 2 is 1.94 bits per heavy atom. The van der Waals surface area contributed by atoms with E-state index in [0.29, 0.717) is 18.1 Å². The maximum Gasteiger partial charge on any atom is 0.0326 e. The van der Waals surface area contributed by atoms with E-state index in [1.807, 2.05) is 0 Å². The van der Waals surface area contributed by atoms with Crippen molar-refractivity contribution in [2.45, 2.75) is 58.2 Å². The molecule has 2 heteroatoms. The minimum atomic E-state index is 0.467. The van der Waals surface area contributed by atoms with Crippen molar-refractivity contribution in [3.63, 3.8) is 0 Å². The first-order chi connectivity index (χ1) is 8.63. The van der Waals surface area contributed by atoms with E-state index in [9.17, 15) is 0 Å². The summed E-state index contributed by atoms with van der Waals surface area (Å²) in [7, 11) is 0. The molecule has 3 atom stereocenters. The second-order valence-corrected chi connectivity index (χ2v) is 5.70. The van der Waals surface area contributed by atoms with Gasteiger partial charge in [-0.2, -0.15) is 0 Å². The van der Waals surface area contributed by atoms with Gasteiger partial charge >= 0.3 is 0 Å². The van der Waals surface area contributed by atoms with Crippen molar-refractivity contribution in [3.8, 4) is 0 Å². The molecule has 0 aromatic heterocycles. The van der Waals surface area contributed by atoms with E-state index < -0.39 is 0 Å². The van der Waals surface area contributed by atoms with Crippen molar-refractivity contribution in [1.82, 2.24) is 4.90 Å². The average molecular weight is 246 g/mol. The fourth-order valence-electron chi connectivity index (χ4n) is 3.26. The summed E-state index contributed by atoms with van der Waals surface area (Å²) in [5.74, 6) is 0. The number of piperidine rings is 1. The predicted molar refractivity (Wildman–Crippen MR) is 77.6 cm³/mol. The van der Waals surface area contributed by atoms with Gasteiger partial charge in [-0.05, 0) is 39.2 Å². The molecule has 1 aromatic carbocycles. The third-order valence-electron chi connectivity index (χ3n) is 4.37. The Hall–Kier alpha value is -0.860. The molecule has 0 radical (unpaired) electrons. The van der Waals surface area contributed by atoms with Crippen molar-refractivity contribution in [2.75, 3.05) is 6.54 Å². The van der Waals surface area contributed by atoms with Crippen molar-refractivity contribution < 1.29 is 0 Å². The Balaban J connectivity index is 2.19. The molecule has 1 heterocycles. The topological polar surface area (TPSA) is 29.3 Å². The SMILES string of the molecule is Cc1ccc(C(C)N2C(C)CCCC2CN)cc1. The number of benzene rings is 1. The Kier molecular flexibility index (Phi) is 4.41. The van der Waals surface area contributed by atoms with E-state index in [4.69, 9.17) is 5.73 Å². The highest BCUT2D eigenvalue weighted by molar-refractivity contribution is 5.24. The van der Waals surface area contributed by atoms with Crippen LogP contribution >= 0.6 is 0 Å². The van der Waals surface area contributed by atoms with Crippen LogP contribution < -0.4 is 5.73 Å². The fraction of sp³-hybridized carbons (Fsp3) is 0.625. The van der Waals surface area contributed by atoms with Gasteiger partial charge in [0.05, 0.1) is 0 Å². The lowest BCUT2D eigenvalue weighted by Crippen LogP contribution is -2.49. The molecule has 2 nitrogen and oxygen atoms in total. The zero-order valence-corrected chi connectivity index (χ0v) is 11.9. The van der Waals surface area contributed by atoms with Crippen LogP contribution in [-0.2, 0) is 0 Å². The van der Waals surface area contributed by atoms with Gasteiger partial charge in [-0.1, -0.05) is 36.2 Å². The zero-order valence-electron chi connectivity index (χ0n) is 11.9. The normalized spacial score (nSPS) is 27.1. The molecular formula is C16H26N2. The number of nitrogens with two attached hydrogens (primary N) is 1. The van der Waals surface area contributed by atoms with Crippen molar-refractivity contribution in [3.05, 3.63) is 35.4 Å².